The summed E-state index contributed by atoms with van der Waals surface area (Å²) in [5.41, 5.74) is 0.436. The Bertz CT molecular complexity index is 1240. The molecule has 0 unspecified atom stereocenters. The van der Waals surface area contributed by atoms with Gasteiger partial charge in [0, 0.05) is 30.3 Å². The monoisotopic (exact) mass is 487 g/mol. The first kappa shape index (κ1) is 23.9. The fourth-order valence-corrected chi connectivity index (χ4v) is 3.71. The number of oxazole rings is 1. The van der Waals surface area contributed by atoms with Gasteiger partial charge in [0.15, 0.2) is 5.76 Å². The van der Waals surface area contributed by atoms with E-state index in [0.29, 0.717) is 43.3 Å². The Balaban J connectivity index is 1.35. The third-order valence-corrected chi connectivity index (χ3v) is 5.44. The van der Waals surface area contributed by atoms with Crippen molar-refractivity contribution in [2.75, 3.05) is 29.9 Å². The summed E-state index contributed by atoms with van der Waals surface area (Å²) < 4.78 is 48.0. The molecule has 4 rings (SSSR count). The lowest BCUT2D eigenvalue weighted by Crippen LogP contribution is -2.38. The number of anilines is 2. The van der Waals surface area contributed by atoms with E-state index in [9.17, 15) is 28.0 Å². The molecule has 182 valence electrons. The minimum atomic E-state index is -4.52. The molecule has 2 aromatic heterocycles. The summed E-state index contributed by atoms with van der Waals surface area (Å²) in [5, 5.41) is 13.9. The lowest BCUT2D eigenvalue weighted by Gasteiger charge is -2.31. The van der Waals surface area contributed by atoms with Crippen LogP contribution in [-0.4, -0.2) is 42.6 Å². The quantitative estimate of drug-likeness (QED) is 0.539. The number of carbonyl (C=O) groups is 2. The number of piperidine rings is 1. The number of rotatable bonds is 6. The highest BCUT2D eigenvalue weighted by Gasteiger charge is 2.30. The number of hydrogen-bond donors (Lipinski definition) is 2. The highest BCUT2D eigenvalue weighted by atomic mass is 19.4. The molecule has 9 nitrogen and oxygen atoms in total. The number of nitriles is 1. The fourth-order valence-electron chi connectivity index (χ4n) is 3.71. The maximum absolute atomic E-state index is 12.8. The Kier molecular flexibility index (Phi) is 6.77. The second-order valence-electron chi connectivity index (χ2n) is 7.89. The van der Waals surface area contributed by atoms with Crippen molar-refractivity contribution in [3.8, 4) is 17.7 Å². The first-order chi connectivity index (χ1) is 16.7. The standard InChI is InChI=1S/C23H20F3N5O4/c24-23(25,26)13-28-19(32)15-3-1-4-16(11-15)29-20(33)14-6-8-31(9-7-14)22-17(12-27)30-21(35-22)18-5-2-10-34-18/h1-5,10-11,14H,6-9,13H2,(H,28,32)(H,29,33). The van der Waals surface area contributed by atoms with Crippen LogP contribution in [0, 0.1) is 17.2 Å². The van der Waals surface area contributed by atoms with Gasteiger partial charge in [0.2, 0.25) is 17.5 Å². The molecule has 2 amide bonds. The summed E-state index contributed by atoms with van der Waals surface area (Å²) in [5.74, 6) is -0.591. The van der Waals surface area contributed by atoms with Crippen LogP contribution in [0.5, 0.6) is 0 Å². The average molecular weight is 487 g/mol. The molecule has 2 N–H and O–H groups in total. The number of nitrogens with zero attached hydrogens (tertiary/aromatic N) is 3. The second-order valence-corrected chi connectivity index (χ2v) is 7.89. The number of furan rings is 1. The predicted molar refractivity (Wildman–Crippen MR) is 117 cm³/mol. The Morgan fingerprint density at radius 1 is 1.20 bits per heavy atom. The lowest BCUT2D eigenvalue weighted by atomic mass is 9.95. The summed E-state index contributed by atoms with van der Waals surface area (Å²) in [6.45, 7) is -0.554. The van der Waals surface area contributed by atoms with Crippen molar-refractivity contribution in [2.45, 2.75) is 19.0 Å². The largest absolute Gasteiger partial charge is 0.459 e. The highest BCUT2D eigenvalue weighted by Crippen LogP contribution is 2.31. The van der Waals surface area contributed by atoms with Crippen LogP contribution in [0.4, 0.5) is 24.7 Å². The molecule has 0 atom stereocenters. The number of alkyl halides is 3. The zero-order valence-corrected chi connectivity index (χ0v) is 18.3. The summed E-state index contributed by atoms with van der Waals surface area (Å²) in [7, 11) is 0. The van der Waals surface area contributed by atoms with E-state index in [1.165, 1.54) is 24.5 Å². The van der Waals surface area contributed by atoms with E-state index in [0.717, 1.165) is 0 Å². The topological polar surface area (TPSA) is 124 Å². The van der Waals surface area contributed by atoms with Crippen molar-refractivity contribution in [3.05, 3.63) is 53.9 Å². The minimum absolute atomic E-state index is 0.00332. The van der Waals surface area contributed by atoms with Gasteiger partial charge in [0.25, 0.3) is 11.8 Å². The third-order valence-electron chi connectivity index (χ3n) is 5.44. The van der Waals surface area contributed by atoms with Crippen LogP contribution in [-0.2, 0) is 4.79 Å². The molecule has 1 fully saturated rings. The van der Waals surface area contributed by atoms with Crippen molar-refractivity contribution in [1.82, 2.24) is 10.3 Å². The molecule has 1 aliphatic rings. The fraction of sp³-hybridized carbons (Fsp3) is 0.304. The molecule has 1 aromatic carbocycles. The number of hydrogen-bond acceptors (Lipinski definition) is 7. The van der Waals surface area contributed by atoms with Crippen molar-refractivity contribution >= 4 is 23.4 Å². The van der Waals surface area contributed by atoms with Crippen LogP contribution >= 0.6 is 0 Å². The average Bonchev–Trinajstić information content (AvgIpc) is 3.52. The van der Waals surface area contributed by atoms with Gasteiger partial charge in [-0.25, -0.2) is 0 Å². The first-order valence-electron chi connectivity index (χ1n) is 10.7. The highest BCUT2D eigenvalue weighted by molar-refractivity contribution is 5.97. The second kappa shape index (κ2) is 9.92. The van der Waals surface area contributed by atoms with Gasteiger partial charge in [0.05, 0.1) is 6.26 Å². The van der Waals surface area contributed by atoms with Crippen LogP contribution in [0.2, 0.25) is 0 Å². The van der Waals surface area contributed by atoms with Gasteiger partial charge >= 0.3 is 6.18 Å². The number of amides is 2. The lowest BCUT2D eigenvalue weighted by molar-refractivity contribution is -0.123. The molecular formula is C23H20F3N5O4. The Morgan fingerprint density at radius 3 is 2.63 bits per heavy atom. The van der Waals surface area contributed by atoms with E-state index in [4.69, 9.17) is 8.83 Å². The third kappa shape index (κ3) is 5.81. The van der Waals surface area contributed by atoms with Crippen molar-refractivity contribution in [1.29, 1.82) is 5.26 Å². The first-order valence-corrected chi connectivity index (χ1v) is 10.7. The van der Waals surface area contributed by atoms with Gasteiger partial charge in [-0.15, -0.1) is 0 Å². The minimum Gasteiger partial charge on any atom is -0.459 e. The van der Waals surface area contributed by atoms with Crippen LogP contribution in [0.3, 0.4) is 0 Å². The van der Waals surface area contributed by atoms with E-state index in [1.807, 2.05) is 11.0 Å². The van der Waals surface area contributed by atoms with Crippen LogP contribution < -0.4 is 15.5 Å². The molecule has 0 saturated carbocycles. The Labute approximate surface area is 197 Å². The summed E-state index contributed by atoms with van der Waals surface area (Å²) in [6, 6.07) is 11.1. The smallest absolute Gasteiger partial charge is 0.405 e. The molecular weight excluding hydrogens is 467 g/mol. The zero-order valence-electron chi connectivity index (χ0n) is 18.3. The summed E-state index contributed by atoms with van der Waals surface area (Å²) >= 11 is 0. The molecule has 1 aliphatic heterocycles. The van der Waals surface area contributed by atoms with Gasteiger partial charge in [-0.1, -0.05) is 6.07 Å². The van der Waals surface area contributed by atoms with Gasteiger partial charge in [-0.2, -0.15) is 23.4 Å². The normalized spacial score (nSPS) is 14.4. The van der Waals surface area contributed by atoms with Gasteiger partial charge in [0.1, 0.15) is 12.6 Å². The molecule has 12 heteroatoms. The molecule has 3 aromatic rings. The summed E-state index contributed by atoms with van der Waals surface area (Å²) in [4.78, 5) is 30.7. The molecule has 0 bridgehead atoms. The number of aromatic nitrogens is 1. The molecule has 0 spiro atoms. The number of halogens is 3. The molecule has 1 saturated heterocycles. The molecule has 35 heavy (non-hydrogen) atoms. The van der Waals surface area contributed by atoms with E-state index in [1.54, 1.807) is 23.5 Å². The molecule has 3 heterocycles. The predicted octanol–water partition coefficient (Wildman–Crippen LogP) is 3.95. The van der Waals surface area contributed by atoms with E-state index < -0.39 is 18.6 Å². The van der Waals surface area contributed by atoms with Gasteiger partial charge in [-0.3, -0.25) is 9.59 Å². The van der Waals surface area contributed by atoms with Crippen LogP contribution in [0.15, 0.2) is 51.5 Å². The SMILES string of the molecule is N#Cc1nc(-c2ccco2)oc1N1CCC(C(=O)Nc2cccc(C(=O)NCC(F)(F)F)c2)CC1. The van der Waals surface area contributed by atoms with E-state index in [2.05, 4.69) is 10.3 Å². The number of nitrogens with one attached hydrogen (secondary N) is 2. The maximum Gasteiger partial charge on any atom is 0.405 e. The Hall–Kier alpha value is -4.27. The van der Waals surface area contributed by atoms with Crippen molar-refractivity contribution in [2.24, 2.45) is 5.92 Å². The van der Waals surface area contributed by atoms with E-state index >= 15 is 0 Å². The van der Waals surface area contributed by atoms with Crippen LogP contribution in [0.1, 0.15) is 28.9 Å². The number of carbonyl (C=O) groups excluding carboxylic acids is 2. The van der Waals surface area contributed by atoms with E-state index in [-0.39, 0.29) is 29.0 Å². The molecule has 0 radical (unpaired) electrons. The van der Waals surface area contributed by atoms with Crippen LogP contribution in [0.25, 0.3) is 11.7 Å². The summed E-state index contributed by atoms with van der Waals surface area (Å²) in [6.07, 6.45) is -2.10. The van der Waals surface area contributed by atoms with Crippen molar-refractivity contribution in [3.63, 3.8) is 0 Å². The van der Waals surface area contributed by atoms with Gasteiger partial charge in [-0.05, 0) is 43.2 Å². The Morgan fingerprint density at radius 2 is 1.97 bits per heavy atom. The van der Waals surface area contributed by atoms with Crippen molar-refractivity contribution < 1.29 is 31.6 Å². The van der Waals surface area contributed by atoms with Gasteiger partial charge < -0.3 is 24.4 Å². The maximum atomic E-state index is 12.8. The molecule has 0 aliphatic carbocycles. The zero-order chi connectivity index (χ0) is 25.0. The number of benzene rings is 1.